The van der Waals surface area contributed by atoms with E-state index in [1.165, 1.54) is 4.90 Å². The van der Waals surface area contributed by atoms with Crippen LogP contribution in [0.2, 0.25) is 0 Å². The minimum absolute atomic E-state index is 0.0304. The third-order valence-corrected chi connectivity index (χ3v) is 5.16. The van der Waals surface area contributed by atoms with Crippen LogP contribution in [-0.4, -0.2) is 61.3 Å². The van der Waals surface area contributed by atoms with Gasteiger partial charge < -0.3 is 20.0 Å². The number of carbonyl (C=O) groups is 3. The number of piperidine rings is 1. The van der Waals surface area contributed by atoms with Crippen LogP contribution in [0.5, 0.6) is 0 Å². The summed E-state index contributed by atoms with van der Waals surface area (Å²) in [5.74, 6) is 0.534. The monoisotopic (exact) mass is 412 g/mol. The molecule has 8 nitrogen and oxygen atoms in total. The average molecular weight is 412 g/mol. The number of nitrogens with zero attached hydrogens (tertiary/aromatic N) is 2. The maximum absolute atomic E-state index is 12.3. The minimum atomic E-state index is -0.109. The van der Waals surface area contributed by atoms with Gasteiger partial charge in [-0.2, -0.15) is 0 Å². The number of benzene rings is 1. The fraction of sp³-hybridized carbons (Fsp3) is 0.409. The quantitative estimate of drug-likeness (QED) is 0.725. The lowest BCUT2D eigenvalue weighted by molar-refractivity contribution is -0.126. The third-order valence-electron chi connectivity index (χ3n) is 5.16. The summed E-state index contributed by atoms with van der Waals surface area (Å²) >= 11 is 0. The van der Waals surface area contributed by atoms with Crippen molar-refractivity contribution in [1.29, 1.82) is 0 Å². The topological polar surface area (TPSA) is 94.9 Å². The summed E-state index contributed by atoms with van der Waals surface area (Å²) in [6.45, 7) is 2.07. The fourth-order valence-electron chi connectivity index (χ4n) is 3.44. The summed E-state index contributed by atoms with van der Waals surface area (Å²) in [7, 11) is 3.40. The van der Waals surface area contributed by atoms with Crippen LogP contribution >= 0.6 is 0 Å². The van der Waals surface area contributed by atoms with Gasteiger partial charge in [0.1, 0.15) is 5.76 Å². The van der Waals surface area contributed by atoms with Gasteiger partial charge in [0.15, 0.2) is 0 Å². The van der Waals surface area contributed by atoms with Crippen LogP contribution in [0.3, 0.4) is 0 Å². The normalized spacial score (nSPS) is 14.9. The lowest BCUT2D eigenvalue weighted by Crippen LogP contribution is -2.43. The smallest absolute Gasteiger partial charge is 0.253 e. The Morgan fingerprint density at radius 3 is 2.40 bits per heavy atom. The summed E-state index contributed by atoms with van der Waals surface area (Å²) in [4.78, 5) is 40.1. The molecule has 160 valence electrons. The molecule has 1 fully saturated rings. The second-order valence-corrected chi connectivity index (χ2v) is 7.67. The lowest BCUT2D eigenvalue weighted by Gasteiger charge is -2.30. The van der Waals surface area contributed by atoms with Crippen molar-refractivity contribution in [3.05, 3.63) is 54.0 Å². The maximum Gasteiger partial charge on any atom is 0.253 e. The Balaban J connectivity index is 1.39. The molecule has 30 heavy (non-hydrogen) atoms. The Labute approximate surface area is 176 Å². The van der Waals surface area contributed by atoms with Gasteiger partial charge in [-0.15, -0.1) is 0 Å². The van der Waals surface area contributed by atoms with Crippen LogP contribution in [-0.2, 0) is 16.1 Å². The first-order valence-corrected chi connectivity index (χ1v) is 10.1. The van der Waals surface area contributed by atoms with Crippen LogP contribution in [0.25, 0.3) is 0 Å². The number of nitrogens with one attached hydrogen (secondary N) is 2. The number of likely N-dealkylation sites (tertiary alicyclic amines) is 1. The first-order valence-electron chi connectivity index (χ1n) is 10.1. The first-order chi connectivity index (χ1) is 14.4. The van der Waals surface area contributed by atoms with Crippen LogP contribution in [0, 0.1) is 5.92 Å². The molecule has 8 heteroatoms. The van der Waals surface area contributed by atoms with E-state index in [0.29, 0.717) is 30.9 Å². The molecule has 1 aromatic carbocycles. The molecule has 0 radical (unpaired) electrons. The molecule has 0 unspecified atom stereocenters. The Bertz CT molecular complexity index is 854. The van der Waals surface area contributed by atoms with E-state index in [1.54, 1.807) is 50.7 Å². The van der Waals surface area contributed by atoms with Crippen molar-refractivity contribution in [2.24, 2.45) is 5.92 Å². The van der Waals surface area contributed by atoms with E-state index in [2.05, 4.69) is 15.5 Å². The molecule has 1 saturated heterocycles. The summed E-state index contributed by atoms with van der Waals surface area (Å²) < 4.78 is 5.22. The second kappa shape index (κ2) is 10.1. The lowest BCUT2D eigenvalue weighted by atomic mass is 9.96. The van der Waals surface area contributed by atoms with Gasteiger partial charge in [-0.05, 0) is 62.3 Å². The summed E-state index contributed by atoms with van der Waals surface area (Å²) in [6.07, 6.45) is 3.03. The van der Waals surface area contributed by atoms with Crippen molar-refractivity contribution in [2.45, 2.75) is 19.4 Å². The zero-order valence-electron chi connectivity index (χ0n) is 17.4. The van der Waals surface area contributed by atoms with Crippen molar-refractivity contribution in [3.63, 3.8) is 0 Å². The number of rotatable bonds is 7. The van der Waals surface area contributed by atoms with Crippen molar-refractivity contribution in [2.75, 3.05) is 39.0 Å². The predicted molar refractivity (Wildman–Crippen MR) is 113 cm³/mol. The van der Waals surface area contributed by atoms with Gasteiger partial charge in [0, 0.05) is 31.3 Å². The van der Waals surface area contributed by atoms with Crippen LogP contribution < -0.4 is 10.6 Å². The Morgan fingerprint density at radius 2 is 1.80 bits per heavy atom. The molecule has 3 rings (SSSR count). The van der Waals surface area contributed by atoms with Gasteiger partial charge in [0.2, 0.25) is 11.8 Å². The van der Waals surface area contributed by atoms with E-state index in [4.69, 9.17) is 4.42 Å². The van der Waals surface area contributed by atoms with Gasteiger partial charge in [0.25, 0.3) is 5.91 Å². The second-order valence-electron chi connectivity index (χ2n) is 7.67. The number of hydrogen-bond acceptors (Lipinski definition) is 5. The highest BCUT2D eigenvalue weighted by atomic mass is 16.3. The molecule has 1 aromatic heterocycles. The Hall–Kier alpha value is -3.13. The maximum atomic E-state index is 12.3. The van der Waals surface area contributed by atoms with Gasteiger partial charge in [-0.1, -0.05) is 0 Å². The molecule has 0 spiro atoms. The van der Waals surface area contributed by atoms with Gasteiger partial charge >= 0.3 is 0 Å². The highest BCUT2D eigenvalue weighted by Crippen LogP contribution is 2.18. The van der Waals surface area contributed by atoms with E-state index in [-0.39, 0.29) is 30.2 Å². The number of carbonyl (C=O) groups excluding carboxylic acids is 3. The zero-order chi connectivity index (χ0) is 21.5. The van der Waals surface area contributed by atoms with Gasteiger partial charge in [-0.3, -0.25) is 19.3 Å². The fourth-order valence-corrected chi connectivity index (χ4v) is 3.44. The van der Waals surface area contributed by atoms with E-state index in [1.807, 2.05) is 6.07 Å². The van der Waals surface area contributed by atoms with Crippen molar-refractivity contribution < 1.29 is 18.8 Å². The van der Waals surface area contributed by atoms with E-state index < -0.39 is 0 Å². The SMILES string of the molecule is CN(C)C(=O)c1ccc(NC(=O)CN2CCC(C(=O)NCc3ccco3)CC2)cc1. The van der Waals surface area contributed by atoms with Crippen molar-refractivity contribution in [1.82, 2.24) is 15.1 Å². The minimum Gasteiger partial charge on any atom is -0.467 e. The molecule has 1 aliphatic heterocycles. The molecular weight excluding hydrogens is 384 g/mol. The number of furan rings is 1. The molecule has 0 atom stereocenters. The largest absolute Gasteiger partial charge is 0.467 e. The molecule has 0 aliphatic carbocycles. The van der Waals surface area contributed by atoms with Gasteiger partial charge in [0.05, 0.1) is 19.4 Å². The third kappa shape index (κ3) is 5.93. The van der Waals surface area contributed by atoms with Crippen LogP contribution in [0.1, 0.15) is 29.0 Å². The molecular formula is C22H28N4O4. The number of hydrogen-bond donors (Lipinski definition) is 2. The highest BCUT2D eigenvalue weighted by Gasteiger charge is 2.25. The standard InChI is InChI=1S/C22H28N4O4/c1-25(2)22(29)17-5-7-18(8-6-17)24-20(27)15-26-11-9-16(10-12-26)21(28)23-14-19-4-3-13-30-19/h3-8,13,16H,9-12,14-15H2,1-2H3,(H,23,28)(H,24,27). The molecule has 0 saturated carbocycles. The van der Waals surface area contributed by atoms with Crippen LogP contribution in [0.4, 0.5) is 5.69 Å². The molecule has 0 bridgehead atoms. The van der Waals surface area contributed by atoms with Gasteiger partial charge in [-0.25, -0.2) is 0 Å². The molecule has 2 N–H and O–H groups in total. The zero-order valence-corrected chi connectivity index (χ0v) is 17.4. The summed E-state index contributed by atoms with van der Waals surface area (Å²) in [5, 5.41) is 5.76. The summed E-state index contributed by atoms with van der Waals surface area (Å²) in [6, 6.07) is 10.5. The molecule has 1 aliphatic rings. The van der Waals surface area contributed by atoms with Crippen molar-refractivity contribution >= 4 is 23.4 Å². The summed E-state index contributed by atoms with van der Waals surface area (Å²) in [5.41, 5.74) is 1.23. The van der Waals surface area contributed by atoms with Crippen LogP contribution in [0.15, 0.2) is 47.1 Å². The van der Waals surface area contributed by atoms with E-state index >= 15 is 0 Å². The molecule has 3 amide bonds. The predicted octanol–water partition coefficient (Wildman–Crippen LogP) is 1.95. The van der Waals surface area contributed by atoms with E-state index in [9.17, 15) is 14.4 Å². The Kier molecular flexibility index (Phi) is 7.24. The molecule has 2 heterocycles. The Morgan fingerprint density at radius 1 is 1.10 bits per heavy atom. The number of amides is 3. The molecule has 2 aromatic rings. The highest BCUT2D eigenvalue weighted by molar-refractivity contribution is 5.96. The van der Waals surface area contributed by atoms with E-state index in [0.717, 1.165) is 18.6 Å². The first kappa shape index (κ1) is 21.6. The number of anilines is 1. The average Bonchev–Trinajstić information content (AvgIpc) is 3.26. The van der Waals surface area contributed by atoms with Crippen molar-refractivity contribution in [3.8, 4) is 0 Å².